The fourth-order valence-corrected chi connectivity index (χ4v) is 4.06. The first-order chi connectivity index (χ1) is 11.4. The van der Waals surface area contributed by atoms with Gasteiger partial charge in [-0.15, -0.1) is 0 Å². The molecule has 1 aromatic carbocycles. The first-order valence-electron chi connectivity index (χ1n) is 7.34. The second-order valence-electron chi connectivity index (χ2n) is 5.58. The molecule has 0 atom stereocenters. The van der Waals surface area contributed by atoms with Crippen molar-refractivity contribution in [2.24, 2.45) is 7.05 Å². The zero-order valence-electron chi connectivity index (χ0n) is 13.6. The van der Waals surface area contributed by atoms with Crippen molar-refractivity contribution in [1.82, 2.24) is 13.5 Å². The highest BCUT2D eigenvalue weighted by atomic mass is 32.2. The minimum Gasteiger partial charge on any atom is -0.337 e. The van der Waals surface area contributed by atoms with Crippen LogP contribution in [0, 0.1) is 13.8 Å². The highest BCUT2D eigenvalue weighted by Gasteiger charge is 2.26. The van der Waals surface area contributed by atoms with Gasteiger partial charge in [0.25, 0.3) is 10.0 Å². The molecule has 0 amide bonds. The summed E-state index contributed by atoms with van der Waals surface area (Å²) in [6, 6.07) is 9.12. The molecule has 124 valence electrons. The third-order valence-corrected chi connectivity index (χ3v) is 5.58. The fourth-order valence-electron chi connectivity index (χ4n) is 2.59. The average molecular weight is 343 g/mol. The molecule has 0 spiro atoms. The Labute approximate surface area is 140 Å². The molecule has 2 aromatic heterocycles. The number of imidazole rings is 1. The van der Waals surface area contributed by atoms with Crippen LogP contribution < -0.4 is 0 Å². The predicted molar refractivity (Wildman–Crippen MR) is 90.5 cm³/mol. The second-order valence-corrected chi connectivity index (χ2v) is 7.34. The number of hydrogen-bond donors (Lipinski definition) is 0. The number of carbonyl (C=O) groups is 1. The van der Waals surface area contributed by atoms with Crippen molar-refractivity contribution in [2.75, 3.05) is 0 Å². The van der Waals surface area contributed by atoms with Crippen molar-refractivity contribution in [2.45, 2.75) is 18.9 Å². The third kappa shape index (κ3) is 2.46. The molecule has 0 saturated heterocycles. The smallest absolute Gasteiger partial charge is 0.287 e. The lowest BCUT2D eigenvalue weighted by Crippen LogP contribution is -2.14. The molecule has 7 heteroatoms. The average Bonchev–Trinajstić information content (AvgIpc) is 3.09. The van der Waals surface area contributed by atoms with Gasteiger partial charge in [-0.25, -0.2) is 8.96 Å². The number of rotatable bonds is 4. The van der Waals surface area contributed by atoms with E-state index < -0.39 is 10.0 Å². The molecule has 0 fully saturated rings. The van der Waals surface area contributed by atoms with Crippen LogP contribution in [0.4, 0.5) is 0 Å². The Morgan fingerprint density at radius 3 is 2.29 bits per heavy atom. The summed E-state index contributed by atoms with van der Waals surface area (Å²) in [5.74, 6) is 0.592. The Bertz CT molecular complexity index is 996. The maximum atomic E-state index is 13.0. The van der Waals surface area contributed by atoms with Gasteiger partial charge in [0.2, 0.25) is 0 Å². The Morgan fingerprint density at radius 1 is 1.08 bits per heavy atom. The normalized spacial score (nSPS) is 11.6. The molecule has 0 radical (unpaired) electrons. The SMILES string of the molecule is Cc1c(C=O)cn(S(=O)(=O)c2cn(C)c(C)n2)c1-c1ccccc1. The molecule has 0 bridgehead atoms. The Hall–Kier alpha value is -2.67. The molecule has 0 saturated carbocycles. The van der Waals surface area contributed by atoms with Crippen molar-refractivity contribution in [1.29, 1.82) is 0 Å². The third-order valence-electron chi connectivity index (χ3n) is 4.05. The van der Waals surface area contributed by atoms with Crippen LogP contribution in [0.2, 0.25) is 0 Å². The Kier molecular flexibility index (Phi) is 3.88. The Balaban J connectivity index is 2.30. The monoisotopic (exact) mass is 343 g/mol. The van der Waals surface area contributed by atoms with E-state index in [1.54, 1.807) is 25.5 Å². The van der Waals surface area contributed by atoms with Gasteiger partial charge >= 0.3 is 0 Å². The summed E-state index contributed by atoms with van der Waals surface area (Å²) in [6.45, 7) is 3.47. The maximum absolute atomic E-state index is 13.0. The van der Waals surface area contributed by atoms with Gasteiger partial charge in [-0.3, -0.25) is 4.79 Å². The van der Waals surface area contributed by atoms with Gasteiger partial charge in [0.15, 0.2) is 11.3 Å². The fraction of sp³-hybridized carbons (Fsp3) is 0.176. The topological polar surface area (TPSA) is 74.0 Å². The van der Waals surface area contributed by atoms with Gasteiger partial charge in [-0.1, -0.05) is 30.3 Å². The summed E-state index contributed by atoms with van der Waals surface area (Å²) in [4.78, 5) is 15.4. The van der Waals surface area contributed by atoms with Crippen LogP contribution in [0.5, 0.6) is 0 Å². The van der Waals surface area contributed by atoms with Crippen LogP contribution in [-0.2, 0) is 17.1 Å². The zero-order valence-corrected chi connectivity index (χ0v) is 14.4. The lowest BCUT2D eigenvalue weighted by atomic mass is 10.1. The summed E-state index contributed by atoms with van der Waals surface area (Å²) < 4.78 is 28.9. The lowest BCUT2D eigenvalue weighted by molar-refractivity contribution is 0.112. The van der Waals surface area contributed by atoms with E-state index in [0.29, 0.717) is 28.9 Å². The van der Waals surface area contributed by atoms with Crippen LogP contribution in [0.15, 0.2) is 47.8 Å². The van der Waals surface area contributed by atoms with Gasteiger partial charge in [0.1, 0.15) is 5.82 Å². The van der Waals surface area contributed by atoms with Crippen LogP contribution >= 0.6 is 0 Å². The molecule has 6 nitrogen and oxygen atoms in total. The highest BCUT2D eigenvalue weighted by molar-refractivity contribution is 7.90. The predicted octanol–water partition coefficient (Wildman–Crippen LogP) is 2.55. The van der Waals surface area contributed by atoms with Crippen LogP contribution in [0.3, 0.4) is 0 Å². The van der Waals surface area contributed by atoms with Gasteiger partial charge in [0, 0.05) is 25.0 Å². The standard InChI is InChI=1S/C17H17N3O3S/c1-12-15(11-21)9-20(17(12)14-7-5-4-6-8-14)24(22,23)16-10-19(3)13(2)18-16/h4-11H,1-3H3. The summed E-state index contributed by atoms with van der Waals surface area (Å²) in [7, 11) is -2.17. The summed E-state index contributed by atoms with van der Waals surface area (Å²) in [5.41, 5.74) is 2.15. The number of carbonyl (C=O) groups excluding carboxylic acids is 1. The van der Waals surface area contributed by atoms with Crippen molar-refractivity contribution in [3.05, 3.63) is 59.7 Å². The number of benzene rings is 1. The number of aryl methyl sites for hydroxylation is 2. The molecule has 24 heavy (non-hydrogen) atoms. The molecule has 0 N–H and O–H groups in total. The molecule has 0 aliphatic heterocycles. The van der Waals surface area contributed by atoms with E-state index >= 15 is 0 Å². The number of aldehydes is 1. The molecule has 0 aliphatic rings. The van der Waals surface area contributed by atoms with Gasteiger partial charge < -0.3 is 4.57 Å². The Morgan fingerprint density at radius 2 is 1.75 bits per heavy atom. The highest BCUT2D eigenvalue weighted by Crippen LogP contribution is 2.30. The zero-order chi connectivity index (χ0) is 17.5. The minimum atomic E-state index is -3.91. The van der Waals surface area contributed by atoms with E-state index in [9.17, 15) is 13.2 Å². The molecule has 0 unspecified atom stereocenters. The van der Waals surface area contributed by atoms with Gasteiger partial charge in [-0.05, 0) is 25.0 Å². The molecule has 2 heterocycles. The number of aromatic nitrogens is 3. The van der Waals surface area contributed by atoms with E-state index in [2.05, 4.69) is 4.98 Å². The quantitative estimate of drug-likeness (QED) is 0.682. The lowest BCUT2D eigenvalue weighted by Gasteiger charge is -2.10. The summed E-state index contributed by atoms with van der Waals surface area (Å²) >= 11 is 0. The van der Waals surface area contributed by atoms with E-state index in [1.165, 1.54) is 12.4 Å². The van der Waals surface area contributed by atoms with Gasteiger partial charge in [0.05, 0.1) is 5.69 Å². The van der Waals surface area contributed by atoms with E-state index in [-0.39, 0.29) is 5.03 Å². The minimum absolute atomic E-state index is 0.0490. The summed E-state index contributed by atoms with van der Waals surface area (Å²) in [5, 5.41) is -0.0490. The molecule has 3 aromatic rings. The molecule has 0 aliphatic carbocycles. The van der Waals surface area contributed by atoms with E-state index in [4.69, 9.17) is 0 Å². The van der Waals surface area contributed by atoms with Crippen molar-refractivity contribution in [3.8, 4) is 11.3 Å². The summed E-state index contributed by atoms with van der Waals surface area (Å²) in [6.07, 6.45) is 3.48. The molecular formula is C17H17N3O3S. The van der Waals surface area contributed by atoms with Crippen LogP contribution in [0.25, 0.3) is 11.3 Å². The number of nitrogens with zero attached hydrogens (tertiary/aromatic N) is 3. The molecular weight excluding hydrogens is 326 g/mol. The second kappa shape index (κ2) is 5.76. The molecule has 3 rings (SSSR count). The van der Waals surface area contributed by atoms with E-state index in [1.807, 2.05) is 30.3 Å². The van der Waals surface area contributed by atoms with Crippen molar-refractivity contribution < 1.29 is 13.2 Å². The maximum Gasteiger partial charge on any atom is 0.287 e. The first-order valence-corrected chi connectivity index (χ1v) is 8.78. The van der Waals surface area contributed by atoms with E-state index in [0.717, 1.165) is 9.54 Å². The first kappa shape index (κ1) is 16.2. The number of hydrogen-bond acceptors (Lipinski definition) is 4. The van der Waals surface area contributed by atoms with Crippen molar-refractivity contribution >= 4 is 16.3 Å². The van der Waals surface area contributed by atoms with Crippen LogP contribution in [-0.4, -0.2) is 28.2 Å². The van der Waals surface area contributed by atoms with Crippen LogP contribution in [0.1, 0.15) is 21.7 Å². The van der Waals surface area contributed by atoms with Gasteiger partial charge in [-0.2, -0.15) is 8.42 Å². The largest absolute Gasteiger partial charge is 0.337 e. The van der Waals surface area contributed by atoms with Crippen molar-refractivity contribution in [3.63, 3.8) is 0 Å².